The van der Waals surface area contributed by atoms with Gasteiger partial charge in [0.25, 0.3) is 0 Å². The molecule has 146 valence electrons. The predicted molar refractivity (Wildman–Crippen MR) is 106 cm³/mol. The molecule has 6 heteroatoms. The highest BCUT2D eigenvalue weighted by molar-refractivity contribution is 5.59. The van der Waals surface area contributed by atoms with Gasteiger partial charge in [-0.1, -0.05) is 0 Å². The van der Waals surface area contributed by atoms with Gasteiger partial charge in [0, 0.05) is 24.3 Å². The third-order valence-corrected chi connectivity index (χ3v) is 5.33. The SMILES string of the molecule is COc1cc(N)c(CC2c3cc(OC)c(OC)cc3CCN2C)cc1OC. The average molecular weight is 372 g/mol. The highest BCUT2D eigenvalue weighted by atomic mass is 16.5. The number of rotatable bonds is 6. The number of hydrogen-bond acceptors (Lipinski definition) is 6. The lowest BCUT2D eigenvalue weighted by molar-refractivity contribution is 0.228. The van der Waals surface area contributed by atoms with Crippen molar-refractivity contribution < 1.29 is 18.9 Å². The van der Waals surface area contributed by atoms with Crippen molar-refractivity contribution in [2.45, 2.75) is 18.9 Å². The number of nitrogen functional groups attached to an aromatic ring is 1. The van der Waals surface area contributed by atoms with Crippen molar-refractivity contribution in [3.05, 3.63) is 41.0 Å². The Hall–Kier alpha value is -2.60. The zero-order valence-electron chi connectivity index (χ0n) is 16.7. The molecule has 0 aliphatic carbocycles. The van der Waals surface area contributed by atoms with Crippen molar-refractivity contribution in [3.8, 4) is 23.0 Å². The first-order valence-electron chi connectivity index (χ1n) is 8.97. The molecule has 1 heterocycles. The molecule has 2 aromatic carbocycles. The molecule has 0 bridgehead atoms. The third-order valence-electron chi connectivity index (χ3n) is 5.33. The van der Waals surface area contributed by atoms with E-state index >= 15 is 0 Å². The number of nitrogens with zero attached hydrogens (tertiary/aromatic N) is 1. The largest absolute Gasteiger partial charge is 0.493 e. The van der Waals surface area contributed by atoms with E-state index in [0.717, 1.165) is 36.4 Å². The van der Waals surface area contributed by atoms with Crippen LogP contribution in [0, 0.1) is 0 Å². The summed E-state index contributed by atoms with van der Waals surface area (Å²) in [7, 11) is 8.72. The molecule has 2 N–H and O–H groups in total. The molecule has 1 aliphatic rings. The van der Waals surface area contributed by atoms with Gasteiger partial charge in [0.1, 0.15) is 0 Å². The first-order chi connectivity index (χ1) is 13.0. The van der Waals surface area contributed by atoms with E-state index in [0.29, 0.717) is 17.2 Å². The Bertz CT molecular complexity index is 822. The van der Waals surface area contributed by atoms with Gasteiger partial charge in [-0.15, -0.1) is 0 Å². The van der Waals surface area contributed by atoms with Crippen LogP contribution < -0.4 is 24.7 Å². The summed E-state index contributed by atoms with van der Waals surface area (Å²) in [6.45, 7) is 0.973. The van der Waals surface area contributed by atoms with E-state index in [9.17, 15) is 0 Å². The standard InChI is InChI=1S/C21H28N2O4/c1-23-7-6-13-9-18(24-2)20(26-4)11-15(13)17(23)8-14-10-19(25-3)21(27-5)12-16(14)22/h9-12,17H,6-8,22H2,1-5H3. The van der Waals surface area contributed by atoms with Crippen molar-refractivity contribution in [2.75, 3.05) is 47.8 Å². The number of ether oxygens (including phenoxy) is 4. The maximum Gasteiger partial charge on any atom is 0.162 e. The highest BCUT2D eigenvalue weighted by Gasteiger charge is 2.28. The summed E-state index contributed by atoms with van der Waals surface area (Å²) in [5, 5.41) is 0. The molecule has 0 radical (unpaired) electrons. The third kappa shape index (κ3) is 3.62. The normalized spacial score (nSPS) is 16.6. The van der Waals surface area contributed by atoms with Crippen LogP contribution in [0.3, 0.4) is 0 Å². The van der Waals surface area contributed by atoms with E-state index in [4.69, 9.17) is 24.7 Å². The van der Waals surface area contributed by atoms with Gasteiger partial charge in [-0.3, -0.25) is 4.90 Å². The summed E-state index contributed by atoms with van der Waals surface area (Å²) in [6.07, 6.45) is 1.75. The Labute approximate surface area is 160 Å². The molecule has 1 unspecified atom stereocenters. The van der Waals surface area contributed by atoms with Crippen molar-refractivity contribution in [2.24, 2.45) is 0 Å². The molecule has 27 heavy (non-hydrogen) atoms. The Morgan fingerprint density at radius 1 is 0.889 bits per heavy atom. The first-order valence-corrected chi connectivity index (χ1v) is 8.97. The number of likely N-dealkylation sites (N-methyl/N-ethyl adjacent to an activating group) is 1. The van der Waals surface area contributed by atoms with Crippen molar-refractivity contribution in [1.29, 1.82) is 0 Å². The van der Waals surface area contributed by atoms with Crippen LogP contribution in [0.4, 0.5) is 5.69 Å². The molecule has 0 saturated carbocycles. The molecule has 1 aliphatic heterocycles. The van der Waals surface area contributed by atoms with Crippen molar-refractivity contribution in [1.82, 2.24) is 4.90 Å². The molecule has 6 nitrogen and oxygen atoms in total. The van der Waals surface area contributed by atoms with Crippen molar-refractivity contribution >= 4 is 5.69 Å². The molecular formula is C21H28N2O4. The van der Waals surface area contributed by atoms with Gasteiger partial charge in [0.05, 0.1) is 28.4 Å². The van der Waals surface area contributed by atoms with Gasteiger partial charge in [-0.05, 0) is 54.8 Å². The molecule has 0 fully saturated rings. The summed E-state index contributed by atoms with van der Waals surface area (Å²) >= 11 is 0. The lowest BCUT2D eigenvalue weighted by Crippen LogP contribution is -2.33. The van der Waals surface area contributed by atoms with Crippen LogP contribution >= 0.6 is 0 Å². The topological polar surface area (TPSA) is 66.2 Å². The number of hydrogen-bond donors (Lipinski definition) is 1. The second kappa shape index (κ2) is 7.96. The van der Waals surface area contributed by atoms with Gasteiger partial charge >= 0.3 is 0 Å². The van der Waals surface area contributed by atoms with Crippen LogP contribution in [0.15, 0.2) is 24.3 Å². The predicted octanol–water partition coefficient (Wildman–Crippen LogP) is 3.07. The first kappa shape index (κ1) is 19.2. The van der Waals surface area contributed by atoms with E-state index in [1.54, 1.807) is 28.4 Å². The monoisotopic (exact) mass is 372 g/mol. The lowest BCUT2D eigenvalue weighted by atomic mass is 9.88. The molecule has 3 rings (SSSR count). The fourth-order valence-corrected chi connectivity index (χ4v) is 3.74. The van der Waals surface area contributed by atoms with Crippen molar-refractivity contribution in [3.63, 3.8) is 0 Å². The fraction of sp³-hybridized carbons (Fsp3) is 0.429. The Kier molecular flexibility index (Phi) is 5.65. The molecule has 0 aromatic heterocycles. The quantitative estimate of drug-likeness (QED) is 0.786. The van der Waals surface area contributed by atoms with Crippen LogP contribution in [0.25, 0.3) is 0 Å². The van der Waals surface area contributed by atoms with Crippen LogP contribution in [-0.4, -0.2) is 46.9 Å². The smallest absolute Gasteiger partial charge is 0.162 e. The molecule has 0 saturated heterocycles. The van der Waals surface area contributed by atoms with Gasteiger partial charge in [0.2, 0.25) is 0 Å². The zero-order chi connectivity index (χ0) is 19.6. The molecule has 0 spiro atoms. The van der Waals surface area contributed by atoms with Crippen LogP contribution in [0.1, 0.15) is 22.7 Å². The van der Waals surface area contributed by atoms with Crippen LogP contribution in [-0.2, 0) is 12.8 Å². The van der Waals surface area contributed by atoms with Gasteiger partial charge in [-0.2, -0.15) is 0 Å². The Morgan fingerprint density at radius 2 is 1.44 bits per heavy atom. The summed E-state index contributed by atoms with van der Waals surface area (Å²) in [4.78, 5) is 2.35. The van der Waals surface area contributed by atoms with Gasteiger partial charge < -0.3 is 24.7 Å². The van der Waals surface area contributed by atoms with Crippen LogP contribution in [0.5, 0.6) is 23.0 Å². The molecular weight excluding hydrogens is 344 g/mol. The van der Waals surface area contributed by atoms with Gasteiger partial charge in [-0.25, -0.2) is 0 Å². The van der Waals surface area contributed by atoms with E-state index in [2.05, 4.69) is 24.1 Å². The summed E-state index contributed by atoms with van der Waals surface area (Å²) in [5.74, 6) is 2.84. The van der Waals surface area contributed by atoms with E-state index < -0.39 is 0 Å². The second-order valence-electron chi connectivity index (χ2n) is 6.76. The molecule has 2 aromatic rings. The number of anilines is 1. The van der Waals surface area contributed by atoms with Gasteiger partial charge in [0.15, 0.2) is 23.0 Å². The molecule has 1 atom stereocenters. The summed E-state index contributed by atoms with van der Waals surface area (Å²) < 4.78 is 21.8. The van der Waals surface area contributed by atoms with Crippen LogP contribution in [0.2, 0.25) is 0 Å². The summed E-state index contributed by atoms with van der Waals surface area (Å²) in [6, 6.07) is 8.16. The maximum absolute atomic E-state index is 6.31. The van der Waals surface area contributed by atoms with E-state index in [1.807, 2.05) is 12.1 Å². The summed E-state index contributed by atoms with van der Waals surface area (Å²) in [5.41, 5.74) is 10.6. The minimum atomic E-state index is 0.189. The Morgan fingerprint density at radius 3 is 2.07 bits per heavy atom. The molecule has 0 amide bonds. The number of benzene rings is 2. The number of fused-ring (bicyclic) bond motifs is 1. The fourth-order valence-electron chi connectivity index (χ4n) is 3.74. The lowest BCUT2D eigenvalue weighted by Gasteiger charge is -2.35. The second-order valence-corrected chi connectivity index (χ2v) is 6.76. The van der Waals surface area contributed by atoms with E-state index in [1.165, 1.54) is 11.1 Å². The zero-order valence-corrected chi connectivity index (χ0v) is 16.7. The Balaban J connectivity index is 2.01. The minimum absolute atomic E-state index is 0.189. The minimum Gasteiger partial charge on any atom is -0.493 e. The highest BCUT2D eigenvalue weighted by Crippen LogP contribution is 2.40. The van der Waals surface area contributed by atoms with E-state index in [-0.39, 0.29) is 6.04 Å². The average Bonchev–Trinajstić information content (AvgIpc) is 2.69. The maximum atomic E-state index is 6.31. The number of nitrogens with two attached hydrogens (primary N) is 1. The number of methoxy groups -OCH3 is 4.